The van der Waals surface area contributed by atoms with E-state index in [9.17, 15) is 0 Å². The minimum Gasteiger partial charge on any atom is -0.491 e. The van der Waals surface area contributed by atoms with Crippen LogP contribution in [0.5, 0.6) is 5.75 Å². The minimum absolute atomic E-state index is 0.521. The summed E-state index contributed by atoms with van der Waals surface area (Å²) >= 11 is 0. The summed E-state index contributed by atoms with van der Waals surface area (Å²) in [5.74, 6) is 0.654. The Morgan fingerprint density at radius 2 is 2.31 bits per heavy atom. The maximum absolute atomic E-state index is 8.58. The highest BCUT2D eigenvalue weighted by molar-refractivity contribution is 5.56. The fourth-order valence-corrected chi connectivity index (χ4v) is 0.961. The number of ether oxygens (including phenoxy) is 1. The third-order valence-corrected chi connectivity index (χ3v) is 1.60. The van der Waals surface area contributed by atoms with Crippen molar-refractivity contribution < 1.29 is 4.74 Å². The van der Waals surface area contributed by atoms with Crippen molar-refractivity contribution in [3.05, 3.63) is 23.8 Å². The molecule has 1 aromatic carbocycles. The van der Waals surface area contributed by atoms with Gasteiger partial charge in [-0.25, -0.2) is 0 Å². The number of hydrogen-bond acceptors (Lipinski definition) is 3. The predicted octanol–water partition coefficient (Wildman–Crippen LogP) is 1.93. The first-order valence-electron chi connectivity index (χ1n) is 4.20. The zero-order valence-corrected chi connectivity index (χ0v) is 7.58. The smallest absolute Gasteiger partial charge is 0.142 e. The van der Waals surface area contributed by atoms with Gasteiger partial charge in [0.2, 0.25) is 0 Å². The molecule has 0 saturated carbocycles. The first-order chi connectivity index (χ1) is 6.27. The fourth-order valence-electron chi connectivity index (χ4n) is 0.961. The molecule has 0 radical (unpaired) electrons. The Labute approximate surface area is 77.7 Å². The molecule has 2 N–H and O–H groups in total. The second kappa shape index (κ2) is 4.36. The van der Waals surface area contributed by atoms with Gasteiger partial charge in [0.1, 0.15) is 5.75 Å². The van der Waals surface area contributed by atoms with Crippen molar-refractivity contribution in [3.63, 3.8) is 0 Å². The Morgan fingerprint density at radius 1 is 1.54 bits per heavy atom. The van der Waals surface area contributed by atoms with Crippen LogP contribution in [0.1, 0.15) is 18.9 Å². The third kappa shape index (κ3) is 2.38. The number of hydrogen-bond donors (Lipinski definition) is 1. The van der Waals surface area contributed by atoms with E-state index in [2.05, 4.69) is 0 Å². The van der Waals surface area contributed by atoms with Crippen molar-refractivity contribution in [2.24, 2.45) is 0 Å². The molecule has 0 aromatic heterocycles. The normalized spacial score (nSPS) is 9.23. The van der Waals surface area contributed by atoms with Crippen LogP contribution in [0.3, 0.4) is 0 Å². The van der Waals surface area contributed by atoms with E-state index >= 15 is 0 Å². The quantitative estimate of drug-likeness (QED) is 0.716. The maximum atomic E-state index is 8.58. The van der Waals surface area contributed by atoms with Gasteiger partial charge in [0.15, 0.2) is 0 Å². The summed E-state index contributed by atoms with van der Waals surface area (Å²) < 4.78 is 5.35. The Kier molecular flexibility index (Phi) is 3.15. The molecule has 0 heterocycles. The van der Waals surface area contributed by atoms with Crippen LogP contribution < -0.4 is 10.5 Å². The molecule has 0 spiro atoms. The molecule has 0 aliphatic rings. The SMILES string of the molecule is CCCOc1ccc(C#N)cc1N. The molecular formula is C10H12N2O. The van der Waals surface area contributed by atoms with Gasteiger partial charge in [-0.05, 0) is 24.6 Å². The largest absolute Gasteiger partial charge is 0.491 e. The van der Waals surface area contributed by atoms with E-state index in [0.29, 0.717) is 23.6 Å². The first-order valence-corrected chi connectivity index (χ1v) is 4.20. The van der Waals surface area contributed by atoms with Crippen LogP contribution in [0.15, 0.2) is 18.2 Å². The summed E-state index contributed by atoms with van der Waals surface area (Å²) in [6.07, 6.45) is 0.944. The van der Waals surface area contributed by atoms with E-state index in [4.69, 9.17) is 15.7 Å². The second-order valence-corrected chi connectivity index (χ2v) is 2.71. The average Bonchev–Trinajstić information content (AvgIpc) is 2.16. The van der Waals surface area contributed by atoms with Crippen molar-refractivity contribution in [2.75, 3.05) is 12.3 Å². The molecule has 68 valence electrons. The van der Waals surface area contributed by atoms with Crippen molar-refractivity contribution >= 4 is 5.69 Å². The van der Waals surface area contributed by atoms with Crippen molar-refractivity contribution in [3.8, 4) is 11.8 Å². The molecule has 3 heteroatoms. The topological polar surface area (TPSA) is 59.0 Å². The molecular weight excluding hydrogens is 164 g/mol. The van der Waals surface area contributed by atoms with Crippen molar-refractivity contribution in [1.29, 1.82) is 5.26 Å². The predicted molar refractivity (Wildman–Crippen MR) is 51.4 cm³/mol. The van der Waals surface area contributed by atoms with Gasteiger partial charge in [-0.2, -0.15) is 5.26 Å². The van der Waals surface area contributed by atoms with E-state index in [0.717, 1.165) is 6.42 Å². The van der Waals surface area contributed by atoms with Gasteiger partial charge < -0.3 is 10.5 Å². The average molecular weight is 176 g/mol. The number of benzene rings is 1. The Hall–Kier alpha value is -1.69. The van der Waals surface area contributed by atoms with Crippen LogP contribution in [0.25, 0.3) is 0 Å². The third-order valence-electron chi connectivity index (χ3n) is 1.60. The molecule has 0 aliphatic carbocycles. The molecule has 0 bridgehead atoms. The van der Waals surface area contributed by atoms with Crippen LogP contribution >= 0.6 is 0 Å². The summed E-state index contributed by atoms with van der Waals surface area (Å²) in [6.45, 7) is 2.68. The summed E-state index contributed by atoms with van der Waals surface area (Å²) in [5, 5.41) is 8.58. The second-order valence-electron chi connectivity index (χ2n) is 2.71. The van der Waals surface area contributed by atoms with Crippen LogP contribution in [-0.2, 0) is 0 Å². The van der Waals surface area contributed by atoms with Gasteiger partial charge in [-0.1, -0.05) is 6.92 Å². The van der Waals surface area contributed by atoms with E-state index in [-0.39, 0.29) is 0 Å². The summed E-state index contributed by atoms with van der Waals surface area (Å²) in [6, 6.07) is 7.05. The molecule has 0 atom stereocenters. The van der Waals surface area contributed by atoms with E-state index < -0.39 is 0 Å². The Morgan fingerprint density at radius 3 is 2.85 bits per heavy atom. The maximum Gasteiger partial charge on any atom is 0.142 e. The summed E-state index contributed by atoms with van der Waals surface area (Å²) in [5.41, 5.74) is 6.74. The van der Waals surface area contributed by atoms with Gasteiger partial charge in [0, 0.05) is 0 Å². The van der Waals surface area contributed by atoms with Gasteiger partial charge in [0.25, 0.3) is 0 Å². The zero-order valence-electron chi connectivity index (χ0n) is 7.58. The zero-order chi connectivity index (χ0) is 9.68. The number of nitrogens with two attached hydrogens (primary N) is 1. The molecule has 0 aliphatic heterocycles. The lowest BCUT2D eigenvalue weighted by molar-refractivity contribution is 0.319. The monoisotopic (exact) mass is 176 g/mol. The number of rotatable bonds is 3. The lowest BCUT2D eigenvalue weighted by Gasteiger charge is -2.06. The lowest BCUT2D eigenvalue weighted by atomic mass is 10.2. The van der Waals surface area contributed by atoms with E-state index in [1.807, 2.05) is 13.0 Å². The van der Waals surface area contributed by atoms with Gasteiger partial charge in [0.05, 0.1) is 23.9 Å². The number of anilines is 1. The highest BCUT2D eigenvalue weighted by Crippen LogP contribution is 2.22. The Bertz CT molecular complexity index is 328. The van der Waals surface area contributed by atoms with Crippen LogP contribution in [0.2, 0.25) is 0 Å². The molecule has 0 unspecified atom stereocenters. The molecule has 0 fully saturated rings. The van der Waals surface area contributed by atoms with E-state index in [1.54, 1.807) is 18.2 Å². The standard InChI is InChI=1S/C10H12N2O/c1-2-5-13-10-4-3-8(7-11)6-9(10)12/h3-4,6H,2,5,12H2,1H3. The molecule has 0 saturated heterocycles. The summed E-state index contributed by atoms with van der Waals surface area (Å²) in [7, 11) is 0. The van der Waals surface area contributed by atoms with Gasteiger partial charge in [-0.3, -0.25) is 0 Å². The van der Waals surface area contributed by atoms with Crippen molar-refractivity contribution in [1.82, 2.24) is 0 Å². The Balaban J connectivity index is 2.81. The molecule has 0 amide bonds. The van der Waals surface area contributed by atoms with Crippen LogP contribution in [0.4, 0.5) is 5.69 Å². The first kappa shape index (κ1) is 9.40. The number of nitriles is 1. The highest BCUT2D eigenvalue weighted by Gasteiger charge is 2.00. The molecule has 13 heavy (non-hydrogen) atoms. The number of nitrogens with zero attached hydrogens (tertiary/aromatic N) is 1. The fraction of sp³-hybridized carbons (Fsp3) is 0.300. The highest BCUT2D eigenvalue weighted by atomic mass is 16.5. The van der Waals surface area contributed by atoms with Crippen LogP contribution in [0, 0.1) is 11.3 Å². The minimum atomic E-state index is 0.521. The molecule has 1 aromatic rings. The van der Waals surface area contributed by atoms with Crippen LogP contribution in [-0.4, -0.2) is 6.61 Å². The van der Waals surface area contributed by atoms with Gasteiger partial charge in [-0.15, -0.1) is 0 Å². The van der Waals surface area contributed by atoms with Crippen molar-refractivity contribution in [2.45, 2.75) is 13.3 Å². The number of nitrogen functional groups attached to an aromatic ring is 1. The summed E-state index contributed by atoms with van der Waals surface area (Å²) in [4.78, 5) is 0. The molecule has 3 nitrogen and oxygen atoms in total. The van der Waals surface area contributed by atoms with Gasteiger partial charge >= 0.3 is 0 Å². The molecule has 1 rings (SSSR count). The van der Waals surface area contributed by atoms with E-state index in [1.165, 1.54) is 0 Å². The lowest BCUT2D eigenvalue weighted by Crippen LogP contribution is -1.99.